The van der Waals surface area contributed by atoms with Crippen LogP contribution < -0.4 is 10.6 Å². The number of nitrogens with zero attached hydrogens (tertiary/aromatic N) is 2. The van der Waals surface area contributed by atoms with Gasteiger partial charge in [-0.3, -0.25) is 4.79 Å². The minimum Gasteiger partial charge on any atom is -0.323 e. The smallest absolute Gasteiger partial charge is 0.223 e. The zero-order chi connectivity index (χ0) is 15.1. The molecule has 1 aliphatic rings. The molecule has 0 spiro atoms. The van der Waals surface area contributed by atoms with Crippen molar-refractivity contribution in [1.82, 2.24) is 4.98 Å². The van der Waals surface area contributed by atoms with Crippen molar-refractivity contribution in [1.29, 1.82) is 0 Å². The van der Waals surface area contributed by atoms with Crippen LogP contribution >= 0.6 is 11.3 Å². The van der Waals surface area contributed by atoms with Gasteiger partial charge < -0.3 is 10.6 Å². The number of carbonyl (C=O) groups is 1. The van der Waals surface area contributed by atoms with E-state index in [1.807, 2.05) is 30.9 Å². The number of carbonyl (C=O) groups excluding carboxylic acids is 1. The van der Waals surface area contributed by atoms with Crippen molar-refractivity contribution in [2.75, 3.05) is 11.4 Å². The van der Waals surface area contributed by atoms with Crippen molar-refractivity contribution in [2.24, 2.45) is 5.73 Å². The monoisotopic (exact) mass is 301 g/mol. The number of anilines is 1. The number of amides is 1. The Morgan fingerprint density at radius 3 is 2.90 bits per heavy atom. The van der Waals surface area contributed by atoms with Gasteiger partial charge in [0.25, 0.3) is 0 Å². The molecule has 2 N–H and O–H groups in total. The minimum atomic E-state index is -0.0202. The quantitative estimate of drug-likeness (QED) is 0.927. The van der Waals surface area contributed by atoms with Gasteiger partial charge in [-0.05, 0) is 38.0 Å². The number of benzene rings is 1. The van der Waals surface area contributed by atoms with E-state index in [-0.39, 0.29) is 11.9 Å². The van der Waals surface area contributed by atoms with E-state index in [2.05, 4.69) is 11.1 Å². The second-order valence-corrected chi connectivity index (χ2v) is 6.73. The van der Waals surface area contributed by atoms with Gasteiger partial charge in [0.1, 0.15) is 0 Å². The highest BCUT2D eigenvalue weighted by Crippen LogP contribution is 2.36. The standard InChI is InChI=1S/C16H19N3OS/c1-9(17)16-15(18-10(2)21-16)13-4-5-14-12(8-13)6-7-19(14)11(3)20/h4-5,8-9H,6-7,17H2,1-3H3. The molecule has 2 heterocycles. The van der Waals surface area contributed by atoms with E-state index >= 15 is 0 Å². The Hall–Kier alpha value is -1.72. The Morgan fingerprint density at radius 2 is 2.24 bits per heavy atom. The van der Waals surface area contributed by atoms with Gasteiger partial charge in [-0.25, -0.2) is 4.98 Å². The third-order valence-electron chi connectivity index (χ3n) is 3.80. The summed E-state index contributed by atoms with van der Waals surface area (Å²) in [6.07, 6.45) is 0.902. The summed E-state index contributed by atoms with van der Waals surface area (Å²) in [6.45, 7) is 6.37. The zero-order valence-corrected chi connectivity index (χ0v) is 13.3. The number of hydrogen-bond donors (Lipinski definition) is 1. The third kappa shape index (κ3) is 2.47. The number of nitrogens with two attached hydrogens (primary N) is 1. The molecule has 0 saturated carbocycles. The molecule has 1 amide bonds. The lowest BCUT2D eigenvalue weighted by atomic mass is 10.0. The van der Waals surface area contributed by atoms with Crippen LogP contribution in [-0.4, -0.2) is 17.4 Å². The molecular formula is C16H19N3OS. The molecule has 21 heavy (non-hydrogen) atoms. The van der Waals surface area contributed by atoms with Gasteiger partial charge in [-0.2, -0.15) is 0 Å². The summed E-state index contributed by atoms with van der Waals surface area (Å²) in [7, 11) is 0. The number of fused-ring (bicyclic) bond motifs is 1. The van der Waals surface area contributed by atoms with Gasteiger partial charge in [0, 0.05) is 35.6 Å². The Labute approximate surface area is 128 Å². The molecule has 0 radical (unpaired) electrons. The van der Waals surface area contributed by atoms with E-state index in [1.54, 1.807) is 18.3 Å². The molecule has 110 valence electrons. The first kappa shape index (κ1) is 14.2. The molecule has 0 aliphatic carbocycles. The SMILES string of the molecule is CC(=O)N1CCc2cc(-c3nc(C)sc3C(C)N)ccc21. The average molecular weight is 301 g/mol. The van der Waals surface area contributed by atoms with E-state index in [9.17, 15) is 4.79 Å². The second kappa shape index (κ2) is 5.24. The maximum absolute atomic E-state index is 11.6. The molecule has 0 fully saturated rings. The lowest BCUT2D eigenvalue weighted by Crippen LogP contribution is -2.25. The van der Waals surface area contributed by atoms with Crippen LogP contribution in [0, 0.1) is 6.92 Å². The molecule has 1 unspecified atom stereocenters. The Morgan fingerprint density at radius 1 is 1.48 bits per heavy atom. The normalized spacial score (nSPS) is 15.1. The highest BCUT2D eigenvalue weighted by molar-refractivity contribution is 7.12. The molecule has 4 nitrogen and oxygen atoms in total. The molecule has 0 bridgehead atoms. The van der Waals surface area contributed by atoms with Crippen molar-refractivity contribution in [3.05, 3.63) is 33.6 Å². The van der Waals surface area contributed by atoms with E-state index in [0.717, 1.165) is 39.8 Å². The molecule has 1 atom stereocenters. The summed E-state index contributed by atoms with van der Waals surface area (Å²) >= 11 is 1.66. The number of aromatic nitrogens is 1. The van der Waals surface area contributed by atoms with Crippen LogP contribution in [0.15, 0.2) is 18.2 Å². The first-order chi connectivity index (χ1) is 9.97. The fraction of sp³-hybridized carbons (Fsp3) is 0.375. The predicted molar refractivity (Wildman–Crippen MR) is 86.6 cm³/mol. The van der Waals surface area contributed by atoms with Crippen LogP contribution in [0.4, 0.5) is 5.69 Å². The van der Waals surface area contributed by atoms with E-state index in [4.69, 9.17) is 5.73 Å². The number of aryl methyl sites for hydroxylation is 1. The van der Waals surface area contributed by atoms with Crippen molar-refractivity contribution in [3.63, 3.8) is 0 Å². The molecule has 2 aromatic rings. The van der Waals surface area contributed by atoms with Crippen LogP contribution in [0.5, 0.6) is 0 Å². The van der Waals surface area contributed by atoms with Crippen LogP contribution in [0.2, 0.25) is 0 Å². The minimum absolute atomic E-state index is 0.0202. The van der Waals surface area contributed by atoms with Crippen molar-refractivity contribution >= 4 is 22.9 Å². The number of hydrogen-bond acceptors (Lipinski definition) is 4. The van der Waals surface area contributed by atoms with Gasteiger partial charge in [-0.1, -0.05) is 6.07 Å². The first-order valence-corrected chi connectivity index (χ1v) is 7.93. The summed E-state index contributed by atoms with van der Waals surface area (Å²) in [6, 6.07) is 6.20. The maximum atomic E-state index is 11.6. The average Bonchev–Trinajstić information content (AvgIpc) is 3.01. The van der Waals surface area contributed by atoms with E-state index in [1.165, 1.54) is 5.56 Å². The number of rotatable bonds is 2. The lowest BCUT2D eigenvalue weighted by Gasteiger charge is -2.15. The van der Waals surface area contributed by atoms with Gasteiger partial charge in [0.2, 0.25) is 5.91 Å². The van der Waals surface area contributed by atoms with Crippen LogP contribution in [0.25, 0.3) is 11.3 Å². The Balaban J connectivity index is 2.05. The van der Waals surface area contributed by atoms with Crippen molar-refractivity contribution in [2.45, 2.75) is 33.2 Å². The van der Waals surface area contributed by atoms with Crippen molar-refractivity contribution < 1.29 is 4.79 Å². The summed E-state index contributed by atoms with van der Waals surface area (Å²) in [5.74, 6) is 0.0993. The van der Waals surface area contributed by atoms with Gasteiger partial charge in [0.05, 0.1) is 10.7 Å². The molecule has 1 aromatic heterocycles. The summed E-state index contributed by atoms with van der Waals surface area (Å²) in [5.41, 5.74) is 10.4. The van der Waals surface area contributed by atoms with Gasteiger partial charge >= 0.3 is 0 Å². The largest absolute Gasteiger partial charge is 0.323 e. The molecule has 0 saturated heterocycles. The van der Waals surface area contributed by atoms with Gasteiger partial charge in [-0.15, -0.1) is 11.3 Å². The van der Waals surface area contributed by atoms with Crippen molar-refractivity contribution in [3.8, 4) is 11.3 Å². The molecule has 5 heteroatoms. The highest BCUT2D eigenvalue weighted by Gasteiger charge is 2.23. The first-order valence-electron chi connectivity index (χ1n) is 7.11. The predicted octanol–water partition coefficient (Wildman–Crippen LogP) is 3.05. The third-order valence-corrected chi connectivity index (χ3v) is 4.97. The molecule has 3 rings (SSSR count). The Kier molecular flexibility index (Phi) is 3.55. The fourth-order valence-corrected chi connectivity index (χ4v) is 3.74. The molecule has 1 aromatic carbocycles. The second-order valence-electron chi connectivity index (χ2n) is 5.50. The highest BCUT2D eigenvalue weighted by atomic mass is 32.1. The van der Waals surface area contributed by atoms with E-state index < -0.39 is 0 Å². The summed E-state index contributed by atoms with van der Waals surface area (Å²) < 4.78 is 0. The fourth-order valence-electron chi connectivity index (χ4n) is 2.83. The topological polar surface area (TPSA) is 59.2 Å². The molecule has 1 aliphatic heterocycles. The Bertz CT molecular complexity index is 706. The van der Waals surface area contributed by atoms with E-state index in [0.29, 0.717) is 0 Å². The van der Waals surface area contributed by atoms with Gasteiger partial charge in [0.15, 0.2) is 0 Å². The lowest BCUT2D eigenvalue weighted by molar-refractivity contribution is -0.116. The van der Waals surface area contributed by atoms with Crippen LogP contribution in [0.3, 0.4) is 0 Å². The maximum Gasteiger partial charge on any atom is 0.223 e. The van der Waals surface area contributed by atoms with Crippen LogP contribution in [0.1, 0.15) is 35.3 Å². The summed E-state index contributed by atoms with van der Waals surface area (Å²) in [5, 5.41) is 1.03. The molecular weight excluding hydrogens is 282 g/mol. The van der Waals surface area contributed by atoms with Crippen LogP contribution in [-0.2, 0) is 11.2 Å². The summed E-state index contributed by atoms with van der Waals surface area (Å²) in [4.78, 5) is 19.2. The number of thiazole rings is 1. The zero-order valence-electron chi connectivity index (χ0n) is 12.5.